The summed E-state index contributed by atoms with van der Waals surface area (Å²) in [6.07, 6.45) is 4.29. The first-order valence-corrected chi connectivity index (χ1v) is 5.07. The van der Waals surface area contributed by atoms with Gasteiger partial charge in [-0.1, -0.05) is 13.8 Å². The monoisotopic (exact) mass is 184 g/mol. The Hall–Kier alpha value is -0.570. The van der Waals surface area contributed by atoms with E-state index in [4.69, 9.17) is 5.73 Å². The van der Waals surface area contributed by atoms with Crippen molar-refractivity contribution in [2.24, 2.45) is 11.1 Å². The van der Waals surface area contributed by atoms with E-state index in [1.54, 1.807) is 0 Å². The van der Waals surface area contributed by atoms with Gasteiger partial charge >= 0.3 is 0 Å². The molecule has 0 aromatic rings. The Morgan fingerprint density at radius 1 is 1.54 bits per heavy atom. The molecule has 3 nitrogen and oxygen atoms in total. The van der Waals surface area contributed by atoms with Crippen molar-refractivity contribution in [2.75, 3.05) is 6.54 Å². The molecule has 0 radical (unpaired) electrons. The maximum atomic E-state index is 11.7. The van der Waals surface area contributed by atoms with Gasteiger partial charge in [0.1, 0.15) is 0 Å². The van der Waals surface area contributed by atoms with Gasteiger partial charge in [-0.2, -0.15) is 0 Å². The van der Waals surface area contributed by atoms with Crippen molar-refractivity contribution in [2.45, 2.75) is 45.6 Å². The highest BCUT2D eigenvalue weighted by Gasteiger charge is 2.29. The number of carbonyl (C=O) groups is 1. The molecule has 0 unspecified atom stereocenters. The van der Waals surface area contributed by atoms with E-state index in [0.717, 1.165) is 19.3 Å². The van der Waals surface area contributed by atoms with Crippen LogP contribution >= 0.6 is 0 Å². The second-order valence-electron chi connectivity index (χ2n) is 4.52. The number of hydrogen-bond acceptors (Lipinski definition) is 2. The predicted octanol–water partition coefficient (Wildman–Crippen LogP) is 1.03. The van der Waals surface area contributed by atoms with Crippen molar-refractivity contribution >= 4 is 5.91 Å². The zero-order valence-electron chi connectivity index (χ0n) is 8.60. The topological polar surface area (TPSA) is 55.1 Å². The molecule has 3 N–H and O–H groups in total. The van der Waals surface area contributed by atoms with Crippen molar-refractivity contribution in [3.05, 3.63) is 0 Å². The molecule has 0 heterocycles. The van der Waals surface area contributed by atoms with Crippen LogP contribution in [0.5, 0.6) is 0 Å². The summed E-state index contributed by atoms with van der Waals surface area (Å²) < 4.78 is 0. The third kappa shape index (κ3) is 2.69. The third-order valence-electron chi connectivity index (χ3n) is 2.82. The minimum atomic E-state index is -0.301. The van der Waals surface area contributed by atoms with Crippen LogP contribution in [0.3, 0.4) is 0 Å². The molecule has 76 valence electrons. The molecule has 1 amide bonds. The number of nitrogens with one attached hydrogen (secondary N) is 1. The van der Waals surface area contributed by atoms with Crippen LogP contribution in [0.4, 0.5) is 0 Å². The van der Waals surface area contributed by atoms with E-state index in [9.17, 15) is 4.79 Å². The van der Waals surface area contributed by atoms with Crippen LogP contribution in [-0.4, -0.2) is 18.5 Å². The summed E-state index contributed by atoms with van der Waals surface area (Å²) in [6, 6.07) is 0.435. The summed E-state index contributed by atoms with van der Waals surface area (Å²) in [7, 11) is 0. The maximum absolute atomic E-state index is 11.7. The molecule has 13 heavy (non-hydrogen) atoms. The molecule has 0 saturated heterocycles. The van der Waals surface area contributed by atoms with E-state index >= 15 is 0 Å². The highest BCUT2D eigenvalue weighted by molar-refractivity contribution is 5.82. The molecule has 1 rings (SSSR count). The van der Waals surface area contributed by atoms with Crippen molar-refractivity contribution < 1.29 is 4.79 Å². The fraction of sp³-hybridized carbons (Fsp3) is 0.900. The van der Waals surface area contributed by atoms with Gasteiger partial charge in [-0.3, -0.25) is 4.79 Å². The standard InChI is InChI=1S/C10H20N2O/c1-10(2,6-7-11)9(13)12-8-4-3-5-8/h8H,3-7,11H2,1-2H3,(H,12,13). The molecule has 1 saturated carbocycles. The van der Waals surface area contributed by atoms with Crippen LogP contribution in [0, 0.1) is 5.41 Å². The SMILES string of the molecule is CC(C)(CCN)C(=O)NC1CCC1. The van der Waals surface area contributed by atoms with E-state index in [2.05, 4.69) is 5.32 Å². The van der Waals surface area contributed by atoms with Gasteiger partial charge in [0, 0.05) is 11.5 Å². The molecular weight excluding hydrogens is 164 g/mol. The van der Waals surface area contributed by atoms with E-state index in [1.807, 2.05) is 13.8 Å². The van der Waals surface area contributed by atoms with Crippen LogP contribution in [0.25, 0.3) is 0 Å². The molecule has 1 fully saturated rings. The molecule has 0 aliphatic heterocycles. The molecule has 0 atom stereocenters. The smallest absolute Gasteiger partial charge is 0.225 e. The molecule has 1 aliphatic rings. The first kappa shape index (κ1) is 10.5. The third-order valence-corrected chi connectivity index (χ3v) is 2.82. The quantitative estimate of drug-likeness (QED) is 0.685. The highest BCUT2D eigenvalue weighted by atomic mass is 16.2. The largest absolute Gasteiger partial charge is 0.353 e. The first-order valence-electron chi connectivity index (χ1n) is 5.07. The molecular formula is C10H20N2O. The van der Waals surface area contributed by atoms with Crippen molar-refractivity contribution in [1.82, 2.24) is 5.32 Å². The predicted molar refractivity (Wildman–Crippen MR) is 53.2 cm³/mol. The van der Waals surface area contributed by atoms with Crippen molar-refractivity contribution in [3.8, 4) is 0 Å². The number of carbonyl (C=O) groups excluding carboxylic acids is 1. The number of hydrogen-bond donors (Lipinski definition) is 2. The fourth-order valence-electron chi connectivity index (χ4n) is 1.41. The van der Waals surface area contributed by atoms with Gasteiger partial charge in [0.25, 0.3) is 0 Å². The fourth-order valence-corrected chi connectivity index (χ4v) is 1.41. The van der Waals surface area contributed by atoms with Gasteiger partial charge in [-0.15, -0.1) is 0 Å². The first-order chi connectivity index (χ1) is 6.06. The van der Waals surface area contributed by atoms with Gasteiger partial charge < -0.3 is 11.1 Å². The van der Waals surface area contributed by atoms with E-state index in [-0.39, 0.29) is 11.3 Å². The average Bonchev–Trinajstić information content (AvgIpc) is 1.96. The number of rotatable bonds is 4. The van der Waals surface area contributed by atoms with Gasteiger partial charge in [-0.25, -0.2) is 0 Å². The lowest BCUT2D eigenvalue weighted by Gasteiger charge is -2.31. The summed E-state index contributed by atoms with van der Waals surface area (Å²) >= 11 is 0. The lowest BCUT2D eigenvalue weighted by molar-refractivity contribution is -0.130. The zero-order valence-corrected chi connectivity index (χ0v) is 8.60. The van der Waals surface area contributed by atoms with Crippen molar-refractivity contribution in [3.63, 3.8) is 0 Å². The van der Waals surface area contributed by atoms with Crippen molar-refractivity contribution in [1.29, 1.82) is 0 Å². The minimum absolute atomic E-state index is 0.155. The number of amides is 1. The molecule has 0 aromatic heterocycles. The molecule has 0 aromatic carbocycles. The average molecular weight is 184 g/mol. The summed E-state index contributed by atoms with van der Waals surface area (Å²) in [5, 5.41) is 3.05. The Balaban J connectivity index is 2.35. The van der Waals surface area contributed by atoms with Gasteiger partial charge in [0.15, 0.2) is 0 Å². The van der Waals surface area contributed by atoms with E-state index < -0.39 is 0 Å². The van der Waals surface area contributed by atoms with Crippen LogP contribution in [0.1, 0.15) is 39.5 Å². The Labute approximate surface area is 80.1 Å². The van der Waals surface area contributed by atoms with Gasteiger partial charge in [-0.05, 0) is 32.2 Å². The second kappa shape index (κ2) is 4.09. The Kier molecular flexibility index (Phi) is 3.31. The van der Waals surface area contributed by atoms with Gasteiger partial charge in [0.05, 0.1) is 0 Å². The summed E-state index contributed by atoms with van der Waals surface area (Å²) in [4.78, 5) is 11.7. The molecule has 3 heteroatoms. The normalized spacial score (nSPS) is 18.1. The lowest BCUT2D eigenvalue weighted by atomic mass is 9.86. The van der Waals surface area contributed by atoms with Gasteiger partial charge in [0.2, 0.25) is 5.91 Å². The van der Waals surface area contributed by atoms with Crippen LogP contribution < -0.4 is 11.1 Å². The lowest BCUT2D eigenvalue weighted by Crippen LogP contribution is -2.46. The van der Waals surface area contributed by atoms with Crippen LogP contribution in [0.2, 0.25) is 0 Å². The summed E-state index contributed by atoms with van der Waals surface area (Å²) in [6.45, 7) is 4.48. The van der Waals surface area contributed by atoms with E-state index in [0.29, 0.717) is 12.6 Å². The Bertz CT molecular complexity index is 185. The minimum Gasteiger partial charge on any atom is -0.353 e. The molecule has 1 aliphatic carbocycles. The van der Waals surface area contributed by atoms with Crippen LogP contribution in [-0.2, 0) is 4.79 Å². The summed E-state index contributed by atoms with van der Waals surface area (Å²) in [5.74, 6) is 0.155. The Morgan fingerprint density at radius 2 is 2.15 bits per heavy atom. The molecule has 0 bridgehead atoms. The van der Waals surface area contributed by atoms with Crippen LogP contribution in [0.15, 0.2) is 0 Å². The summed E-state index contributed by atoms with van der Waals surface area (Å²) in [5.41, 5.74) is 5.15. The molecule has 0 spiro atoms. The van der Waals surface area contributed by atoms with E-state index in [1.165, 1.54) is 6.42 Å². The Morgan fingerprint density at radius 3 is 2.54 bits per heavy atom. The maximum Gasteiger partial charge on any atom is 0.225 e. The zero-order chi connectivity index (χ0) is 9.90. The second-order valence-corrected chi connectivity index (χ2v) is 4.52. The highest BCUT2D eigenvalue weighted by Crippen LogP contribution is 2.23. The number of nitrogens with two attached hydrogens (primary N) is 1.